The third kappa shape index (κ3) is 3.74. The molecule has 2 rings (SSSR count). The van der Waals surface area contributed by atoms with Gasteiger partial charge in [-0.25, -0.2) is 4.98 Å². The summed E-state index contributed by atoms with van der Waals surface area (Å²) in [6.07, 6.45) is 0. The van der Waals surface area contributed by atoms with Crippen LogP contribution in [0.3, 0.4) is 0 Å². The van der Waals surface area contributed by atoms with Gasteiger partial charge in [-0.05, 0) is 45.0 Å². The van der Waals surface area contributed by atoms with Gasteiger partial charge in [-0.1, -0.05) is 11.8 Å². The van der Waals surface area contributed by atoms with E-state index in [2.05, 4.69) is 11.1 Å². The summed E-state index contributed by atoms with van der Waals surface area (Å²) in [4.78, 5) is 16.4. The molecule has 0 amide bonds. The Balaban J connectivity index is 2.47. The summed E-state index contributed by atoms with van der Waals surface area (Å²) in [5, 5.41) is 10.7. The molecule has 2 aromatic rings. The molecule has 0 fully saturated rings. The lowest BCUT2D eigenvalue weighted by Crippen LogP contribution is -2.29. The Morgan fingerprint density at radius 2 is 2.13 bits per heavy atom. The molecule has 0 atom stereocenters. The van der Waals surface area contributed by atoms with E-state index < -0.39 is 4.75 Å². The van der Waals surface area contributed by atoms with Crippen LogP contribution in [0.15, 0.2) is 29.3 Å². The minimum absolute atomic E-state index is 0.361. The zero-order valence-electron chi connectivity index (χ0n) is 13.5. The van der Waals surface area contributed by atoms with E-state index in [0.29, 0.717) is 17.2 Å². The first-order valence-corrected chi connectivity index (χ1v) is 7.98. The second kappa shape index (κ2) is 6.88. The Hall–Kier alpha value is -2.26. The Kier molecular flexibility index (Phi) is 5.12. The molecule has 1 aromatic heterocycles. The van der Waals surface area contributed by atoms with Crippen LogP contribution in [0.2, 0.25) is 0 Å². The lowest BCUT2D eigenvalue weighted by Gasteiger charge is -2.20. The molecule has 23 heavy (non-hydrogen) atoms. The maximum absolute atomic E-state index is 11.8. The third-order valence-corrected chi connectivity index (χ3v) is 4.39. The smallest absolute Gasteiger partial charge is 0.321 e. The number of ether oxygens (including phenoxy) is 2. The van der Waals surface area contributed by atoms with Crippen molar-refractivity contribution in [1.82, 2.24) is 4.98 Å². The van der Waals surface area contributed by atoms with Crippen LogP contribution in [0, 0.1) is 11.3 Å². The summed E-state index contributed by atoms with van der Waals surface area (Å²) in [5.74, 6) is 0.376. The molecule has 0 saturated carbocycles. The third-order valence-electron chi connectivity index (χ3n) is 3.21. The summed E-state index contributed by atoms with van der Waals surface area (Å²) >= 11 is 1.22. The predicted molar refractivity (Wildman–Crippen MR) is 89.6 cm³/mol. The summed E-state index contributed by atoms with van der Waals surface area (Å²) in [6.45, 7) is 5.98. The van der Waals surface area contributed by atoms with Gasteiger partial charge in [-0.3, -0.25) is 4.79 Å². The van der Waals surface area contributed by atoms with Crippen molar-refractivity contribution in [3.05, 3.63) is 29.8 Å². The normalized spacial score (nSPS) is 11.1. The average molecular weight is 330 g/mol. The maximum atomic E-state index is 11.8. The Morgan fingerprint density at radius 1 is 1.39 bits per heavy atom. The molecule has 6 heteroatoms. The number of rotatable bonds is 5. The number of pyridine rings is 1. The molecule has 0 bridgehead atoms. The fourth-order valence-electron chi connectivity index (χ4n) is 2.08. The molecular weight excluding hydrogens is 312 g/mol. The van der Waals surface area contributed by atoms with Gasteiger partial charge >= 0.3 is 5.97 Å². The second-order valence-electron chi connectivity index (χ2n) is 5.34. The molecule has 0 spiro atoms. The number of benzene rings is 1. The molecule has 0 unspecified atom stereocenters. The quantitative estimate of drug-likeness (QED) is 0.616. The molecular formula is C17H18N2O3S. The Morgan fingerprint density at radius 3 is 2.74 bits per heavy atom. The lowest BCUT2D eigenvalue weighted by atomic mass is 10.1. The van der Waals surface area contributed by atoms with Crippen molar-refractivity contribution in [1.29, 1.82) is 5.26 Å². The minimum atomic E-state index is -0.827. The number of nitriles is 1. The summed E-state index contributed by atoms with van der Waals surface area (Å²) in [7, 11) is 1.35. The van der Waals surface area contributed by atoms with Crippen LogP contribution < -0.4 is 4.74 Å². The molecule has 120 valence electrons. The van der Waals surface area contributed by atoms with Gasteiger partial charge in [0.2, 0.25) is 0 Å². The van der Waals surface area contributed by atoms with Gasteiger partial charge in [0.25, 0.3) is 0 Å². The van der Waals surface area contributed by atoms with Gasteiger partial charge in [0.05, 0.1) is 24.8 Å². The number of aromatic nitrogens is 1. The molecule has 0 saturated heterocycles. The number of thioether (sulfide) groups is 1. The standard InChI is InChI=1S/C17H18N2O3S/c1-5-22-13-6-7-14-11(9-13)8-12(10-18)15(19-14)23-17(2,3)16(20)21-4/h6-9H,5H2,1-4H3. The number of carbonyl (C=O) groups is 1. The van der Waals surface area contributed by atoms with Crippen LogP contribution in [0.4, 0.5) is 0 Å². The van der Waals surface area contributed by atoms with Crippen LogP contribution in [-0.4, -0.2) is 29.4 Å². The first-order valence-electron chi connectivity index (χ1n) is 7.16. The highest BCUT2D eigenvalue weighted by atomic mass is 32.2. The summed E-state index contributed by atoms with van der Waals surface area (Å²) < 4.78 is 9.44. The van der Waals surface area contributed by atoms with Crippen molar-refractivity contribution >= 4 is 28.6 Å². The van der Waals surface area contributed by atoms with E-state index in [-0.39, 0.29) is 5.97 Å². The maximum Gasteiger partial charge on any atom is 0.321 e. The Labute approximate surface area is 139 Å². The lowest BCUT2D eigenvalue weighted by molar-refractivity contribution is -0.142. The highest BCUT2D eigenvalue weighted by Gasteiger charge is 2.31. The van der Waals surface area contributed by atoms with E-state index in [9.17, 15) is 10.1 Å². The largest absolute Gasteiger partial charge is 0.494 e. The summed E-state index contributed by atoms with van der Waals surface area (Å²) in [6, 6.07) is 9.44. The van der Waals surface area contributed by atoms with Crippen molar-refractivity contribution in [2.75, 3.05) is 13.7 Å². The molecule has 0 aliphatic carbocycles. The van der Waals surface area contributed by atoms with Crippen molar-refractivity contribution in [3.63, 3.8) is 0 Å². The molecule has 0 aliphatic heterocycles. The fraction of sp³-hybridized carbons (Fsp3) is 0.353. The van der Waals surface area contributed by atoms with Crippen molar-refractivity contribution in [2.24, 2.45) is 0 Å². The van der Waals surface area contributed by atoms with Crippen molar-refractivity contribution in [3.8, 4) is 11.8 Å². The number of methoxy groups -OCH3 is 1. The van der Waals surface area contributed by atoms with E-state index >= 15 is 0 Å². The van der Waals surface area contributed by atoms with Crippen LogP contribution in [0.25, 0.3) is 10.9 Å². The topological polar surface area (TPSA) is 72.2 Å². The van der Waals surface area contributed by atoms with Crippen molar-refractivity contribution < 1.29 is 14.3 Å². The van der Waals surface area contributed by atoms with Crippen LogP contribution in [-0.2, 0) is 9.53 Å². The van der Waals surface area contributed by atoms with Gasteiger partial charge in [-0.2, -0.15) is 5.26 Å². The van der Waals surface area contributed by atoms with Gasteiger partial charge in [0.1, 0.15) is 21.6 Å². The molecule has 0 aliphatic rings. The van der Waals surface area contributed by atoms with Gasteiger partial charge in [0.15, 0.2) is 0 Å². The van der Waals surface area contributed by atoms with Gasteiger partial charge < -0.3 is 9.47 Å². The van der Waals surface area contributed by atoms with Crippen molar-refractivity contribution in [2.45, 2.75) is 30.5 Å². The first kappa shape index (κ1) is 17.1. The molecule has 0 radical (unpaired) electrons. The highest BCUT2D eigenvalue weighted by Crippen LogP contribution is 2.35. The van der Waals surface area contributed by atoms with Gasteiger partial charge in [0, 0.05) is 5.39 Å². The number of nitrogens with zero attached hydrogens (tertiary/aromatic N) is 2. The second-order valence-corrected chi connectivity index (χ2v) is 6.96. The van der Waals surface area contributed by atoms with E-state index in [1.165, 1.54) is 18.9 Å². The highest BCUT2D eigenvalue weighted by molar-refractivity contribution is 8.01. The number of hydrogen-bond donors (Lipinski definition) is 0. The Bertz CT molecular complexity index is 781. The van der Waals surface area contributed by atoms with E-state index in [1.54, 1.807) is 19.9 Å². The monoisotopic (exact) mass is 330 g/mol. The minimum Gasteiger partial charge on any atom is -0.494 e. The van der Waals surface area contributed by atoms with E-state index in [0.717, 1.165) is 16.7 Å². The summed E-state index contributed by atoms with van der Waals surface area (Å²) in [5.41, 5.74) is 1.17. The fourth-order valence-corrected chi connectivity index (χ4v) is 3.09. The van der Waals surface area contributed by atoms with Crippen LogP contribution in [0.5, 0.6) is 5.75 Å². The predicted octanol–water partition coefficient (Wildman–Crippen LogP) is 3.55. The number of carbonyl (C=O) groups excluding carboxylic acids is 1. The van der Waals surface area contributed by atoms with Crippen LogP contribution in [0.1, 0.15) is 26.3 Å². The number of esters is 1. The van der Waals surface area contributed by atoms with Gasteiger partial charge in [-0.15, -0.1) is 0 Å². The molecule has 1 aromatic carbocycles. The van der Waals surface area contributed by atoms with E-state index in [4.69, 9.17) is 9.47 Å². The molecule has 1 heterocycles. The van der Waals surface area contributed by atoms with Crippen LogP contribution >= 0.6 is 11.8 Å². The zero-order chi connectivity index (χ0) is 17.0. The molecule has 0 N–H and O–H groups in total. The molecule has 5 nitrogen and oxygen atoms in total. The number of hydrogen-bond acceptors (Lipinski definition) is 6. The average Bonchev–Trinajstić information content (AvgIpc) is 2.53. The number of fused-ring (bicyclic) bond motifs is 1. The zero-order valence-corrected chi connectivity index (χ0v) is 14.4. The van der Waals surface area contributed by atoms with E-state index in [1.807, 2.05) is 25.1 Å². The SMILES string of the molecule is CCOc1ccc2nc(SC(C)(C)C(=O)OC)c(C#N)cc2c1. The first-order chi connectivity index (χ1) is 10.9.